The van der Waals surface area contributed by atoms with Crippen molar-refractivity contribution >= 4 is 27.5 Å². The Hall–Kier alpha value is -1.03. The number of carbonyl (C=O) groups excluding carboxylic acids is 1. The van der Waals surface area contributed by atoms with Gasteiger partial charge in [0, 0.05) is 22.3 Å². The standard InChI is InChI=1S/C12H17BrN2O/c1-3-4-5-15-12(16)10-6-9(13)7-11(14)8(10)2/h6-7H,3-5,14H2,1-2H3,(H,15,16). The maximum atomic E-state index is 11.9. The molecule has 3 N–H and O–H groups in total. The van der Waals surface area contributed by atoms with Gasteiger partial charge >= 0.3 is 0 Å². The highest BCUT2D eigenvalue weighted by atomic mass is 79.9. The molecule has 4 heteroatoms. The van der Waals surface area contributed by atoms with E-state index in [1.54, 1.807) is 12.1 Å². The monoisotopic (exact) mass is 284 g/mol. The number of nitrogens with two attached hydrogens (primary N) is 1. The van der Waals surface area contributed by atoms with Gasteiger partial charge in [-0.3, -0.25) is 4.79 Å². The first-order valence-corrected chi connectivity index (χ1v) is 6.19. The normalized spacial score (nSPS) is 10.2. The van der Waals surface area contributed by atoms with Crippen molar-refractivity contribution in [1.82, 2.24) is 5.32 Å². The van der Waals surface area contributed by atoms with Crippen molar-refractivity contribution in [2.75, 3.05) is 12.3 Å². The molecule has 0 saturated carbocycles. The van der Waals surface area contributed by atoms with Crippen molar-refractivity contribution in [3.63, 3.8) is 0 Å². The van der Waals surface area contributed by atoms with Crippen LogP contribution in [0.25, 0.3) is 0 Å². The highest BCUT2D eigenvalue weighted by Gasteiger charge is 2.11. The topological polar surface area (TPSA) is 55.1 Å². The van der Waals surface area contributed by atoms with Crippen molar-refractivity contribution < 1.29 is 4.79 Å². The van der Waals surface area contributed by atoms with Gasteiger partial charge in [0.1, 0.15) is 0 Å². The van der Waals surface area contributed by atoms with Gasteiger partial charge in [0.15, 0.2) is 0 Å². The fraction of sp³-hybridized carbons (Fsp3) is 0.417. The Morgan fingerprint density at radius 1 is 1.50 bits per heavy atom. The second kappa shape index (κ2) is 5.89. The van der Waals surface area contributed by atoms with E-state index in [4.69, 9.17) is 5.73 Å². The molecule has 0 aliphatic rings. The molecular formula is C12H17BrN2O. The van der Waals surface area contributed by atoms with Gasteiger partial charge in [0.25, 0.3) is 5.91 Å². The van der Waals surface area contributed by atoms with Crippen LogP contribution in [0.3, 0.4) is 0 Å². The lowest BCUT2D eigenvalue weighted by atomic mass is 10.1. The number of benzene rings is 1. The molecule has 0 atom stereocenters. The minimum Gasteiger partial charge on any atom is -0.398 e. The van der Waals surface area contributed by atoms with Gasteiger partial charge in [-0.15, -0.1) is 0 Å². The van der Waals surface area contributed by atoms with Gasteiger partial charge in [-0.25, -0.2) is 0 Å². The Balaban J connectivity index is 2.82. The van der Waals surface area contributed by atoms with Gasteiger partial charge < -0.3 is 11.1 Å². The number of anilines is 1. The third-order valence-corrected chi connectivity index (χ3v) is 2.93. The Morgan fingerprint density at radius 3 is 2.81 bits per heavy atom. The molecule has 0 spiro atoms. The van der Waals surface area contributed by atoms with Crippen LogP contribution in [0.1, 0.15) is 35.7 Å². The predicted molar refractivity (Wildman–Crippen MR) is 70.5 cm³/mol. The van der Waals surface area contributed by atoms with E-state index in [-0.39, 0.29) is 5.91 Å². The zero-order valence-corrected chi connectivity index (χ0v) is 11.2. The number of nitrogen functional groups attached to an aromatic ring is 1. The fourth-order valence-electron chi connectivity index (χ4n) is 1.41. The first-order valence-electron chi connectivity index (χ1n) is 5.40. The summed E-state index contributed by atoms with van der Waals surface area (Å²) >= 11 is 3.34. The number of halogens is 1. The molecule has 0 fully saturated rings. The fourth-order valence-corrected chi connectivity index (χ4v) is 1.89. The number of carbonyl (C=O) groups is 1. The summed E-state index contributed by atoms with van der Waals surface area (Å²) in [6.07, 6.45) is 2.06. The molecule has 0 saturated heterocycles. The van der Waals surface area contributed by atoms with E-state index in [0.29, 0.717) is 17.8 Å². The first-order chi connectivity index (χ1) is 7.56. The second-order valence-corrected chi connectivity index (χ2v) is 4.69. The molecule has 0 heterocycles. The molecule has 1 amide bonds. The molecule has 0 unspecified atom stereocenters. The lowest BCUT2D eigenvalue weighted by Crippen LogP contribution is -2.25. The van der Waals surface area contributed by atoms with Crippen molar-refractivity contribution in [1.29, 1.82) is 0 Å². The smallest absolute Gasteiger partial charge is 0.251 e. The van der Waals surface area contributed by atoms with Crippen LogP contribution in [0.5, 0.6) is 0 Å². The van der Waals surface area contributed by atoms with E-state index in [9.17, 15) is 4.79 Å². The predicted octanol–water partition coefficient (Wildman–Crippen LogP) is 2.87. The van der Waals surface area contributed by atoms with E-state index in [2.05, 4.69) is 28.2 Å². The van der Waals surface area contributed by atoms with Crippen molar-refractivity contribution in [3.8, 4) is 0 Å². The molecule has 0 aliphatic carbocycles. The van der Waals surface area contributed by atoms with Crippen LogP contribution in [0.15, 0.2) is 16.6 Å². The van der Waals surface area contributed by atoms with Crippen LogP contribution >= 0.6 is 15.9 Å². The molecule has 1 aromatic carbocycles. The number of hydrogen-bond donors (Lipinski definition) is 2. The zero-order chi connectivity index (χ0) is 12.1. The molecular weight excluding hydrogens is 268 g/mol. The SMILES string of the molecule is CCCCNC(=O)c1cc(Br)cc(N)c1C. The van der Waals surface area contributed by atoms with Gasteiger partial charge in [0.05, 0.1) is 0 Å². The summed E-state index contributed by atoms with van der Waals surface area (Å²) < 4.78 is 0.830. The third-order valence-electron chi connectivity index (χ3n) is 2.47. The van der Waals surface area contributed by atoms with E-state index in [1.807, 2.05) is 6.92 Å². The second-order valence-electron chi connectivity index (χ2n) is 3.78. The summed E-state index contributed by atoms with van der Waals surface area (Å²) in [6, 6.07) is 3.60. The number of rotatable bonds is 4. The molecule has 0 bridgehead atoms. The molecule has 16 heavy (non-hydrogen) atoms. The molecule has 3 nitrogen and oxygen atoms in total. The van der Waals surface area contributed by atoms with Gasteiger partial charge in [0.2, 0.25) is 0 Å². The van der Waals surface area contributed by atoms with E-state index < -0.39 is 0 Å². The molecule has 1 rings (SSSR count). The maximum absolute atomic E-state index is 11.9. The Kier molecular flexibility index (Phi) is 4.80. The quantitative estimate of drug-likeness (QED) is 0.660. The van der Waals surface area contributed by atoms with Crippen LogP contribution in [0.4, 0.5) is 5.69 Å². The largest absolute Gasteiger partial charge is 0.398 e. The van der Waals surface area contributed by atoms with Crippen LogP contribution in [-0.2, 0) is 0 Å². The minimum atomic E-state index is -0.0565. The van der Waals surface area contributed by atoms with E-state index in [1.165, 1.54) is 0 Å². The highest BCUT2D eigenvalue weighted by Crippen LogP contribution is 2.22. The number of nitrogens with one attached hydrogen (secondary N) is 1. The number of unbranched alkanes of at least 4 members (excludes halogenated alkanes) is 1. The van der Waals surface area contributed by atoms with E-state index >= 15 is 0 Å². The average Bonchev–Trinajstić information content (AvgIpc) is 2.23. The summed E-state index contributed by atoms with van der Waals surface area (Å²) in [5.74, 6) is -0.0565. The van der Waals surface area contributed by atoms with Crippen molar-refractivity contribution in [2.45, 2.75) is 26.7 Å². The molecule has 0 radical (unpaired) electrons. The number of amides is 1. The lowest BCUT2D eigenvalue weighted by Gasteiger charge is -2.10. The number of hydrogen-bond acceptors (Lipinski definition) is 2. The Labute approximate surface area is 105 Å². The van der Waals surface area contributed by atoms with Crippen molar-refractivity contribution in [3.05, 3.63) is 27.7 Å². The lowest BCUT2D eigenvalue weighted by molar-refractivity contribution is 0.0952. The van der Waals surface area contributed by atoms with Crippen LogP contribution in [0, 0.1) is 6.92 Å². The molecule has 1 aromatic rings. The Bertz CT molecular complexity index is 391. The summed E-state index contributed by atoms with van der Waals surface area (Å²) in [5, 5.41) is 2.88. The third kappa shape index (κ3) is 3.23. The Morgan fingerprint density at radius 2 is 2.19 bits per heavy atom. The van der Waals surface area contributed by atoms with Crippen LogP contribution < -0.4 is 11.1 Å². The van der Waals surface area contributed by atoms with Gasteiger partial charge in [-0.05, 0) is 31.0 Å². The van der Waals surface area contributed by atoms with Gasteiger partial charge in [-0.1, -0.05) is 29.3 Å². The van der Waals surface area contributed by atoms with Gasteiger partial charge in [-0.2, -0.15) is 0 Å². The van der Waals surface area contributed by atoms with Crippen molar-refractivity contribution in [2.24, 2.45) is 0 Å². The maximum Gasteiger partial charge on any atom is 0.251 e. The average molecular weight is 285 g/mol. The zero-order valence-electron chi connectivity index (χ0n) is 9.64. The molecule has 0 aromatic heterocycles. The van der Waals surface area contributed by atoms with Crippen LogP contribution in [-0.4, -0.2) is 12.5 Å². The summed E-state index contributed by atoms with van der Waals surface area (Å²) in [6.45, 7) is 4.66. The minimum absolute atomic E-state index is 0.0565. The summed E-state index contributed by atoms with van der Waals surface area (Å²) in [7, 11) is 0. The molecule has 0 aliphatic heterocycles. The highest BCUT2D eigenvalue weighted by molar-refractivity contribution is 9.10. The molecule has 88 valence electrons. The van der Waals surface area contributed by atoms with Crippen LogP contribution in [0.2, 0.25) is 0 Å². The first kappa shape index (κ1) is 13.0. The summed E-state index contributed by atoms with van der Waals surface area (Å²) in [5.41, 5.74) is 7.91. The summed E-state index contributed by atoms with van der Waals surface area (Å²) in [4.78, 5) is 11.9. The van der Waals surface area contributed by atoms with E-state index in [0.717, 1.165) is 22.9 Å².